The molecule has 0 saturated carbocycles. The van der Waals surface area contributed by atoms with Crippen molar-refractivity contribution in [1.82, 2.24) is 9.55 Å². The third kappa shape index (κ3) is 2.10. The Balaban J connectivity index is 2.07. The molecule has 1 N–H and O–H groups in total. The molecule has 0 amide bonds. The highest BCUT2D eigenvalue weighted by atomic mass is 15.2. The van der Waals surface area contributed by atoms with Gasteiger partial charge in [-0.15, -0.1) is 0 Å². The molecule has 3 aromatic rings. The fourth-order valence-corrected chi connectivity index (χ4v) is 2.35. The zero-order valence-corrected chi connectivity index (χ0v) is 11.2. The molecule has 0 fully saturated rings. The summed E-state index contributed by atoms with van der Waals surface area (Å²) < 4.78 is 2.12. The molecule has 0 saturated heterocycles. The highest BCUT2D eigenvalue weighted by Gasteiger charge is 2.09. The molecular formula is C16H14N4. The molecular weight excluding hydrogens is 248 g/mol. The fraction of sp³-hybridized carbons (Fsp3) is 0.125. The molecule has 0 atom stereocenters. The van der Waals surface area contributed by atoms with Crippen molar-refractivity contribution in [2.75, 3.05) is 12.4 Å². The molecule has 0 aliphatic rings. The van der Waals surface area contributed by atoms with Crippen molar-refractivity contribution in [3.63, 3.8) is 0 Å². The van der Waals surface area contributed by atoms with Gasteiger partial charge in [0.05, 0.1) is 29.2 Å². The lowest BCUT2D eigenvalue weighted by Gasteiger charge is -2.09. The Morgan fingerprint density at radius 2 is 2.05 bits per heavy atom. The Kier molecular flexibility index (Phi) is 3.10. The molecule has 0 spiro atoms. The third-order valence-corrected chi connectivity index (χ3v) is 3.27. The second kappa shape index (κ2) is 5.06. The first-order chi connectivity index (χ1) is 9.81. The molecule has 20 heavy (non-hydrogen) atoms. The van der Waals surface area contributed by atoms with E-state index in [0.29, 0.717) is 12.1 Å². The number of hydrogen-bond donors (Lipinski definition) is 1. The van der Waals surface area contributed by atoms with E-state index < -0.39 is 0 Å². The van der Waals surface area contributed by atoms with E-state index in [-0.39, 0.29) is 0 Å². The summed E-state index contributed by atoms with van der Waals surface area (Å²) in [4.78, 5) is 4.56. The SMILES string of the molecule is CNc1nc2ccccc2n1Cc1cccc(C#N)c1. The van der Waals surface area contributed by atoms with E-state index in [1.165, 1.54) is 0 Å². The Morgan fingerprint density at radius 3 is 2.85 bits per heavy atom. The van der Waals surface area contributed by atoms with Crippen LogP contribution in [0.25, 0.3) is 11.0 Å². The summed E-state index contributed by atoms with van der Waals surface area (Å²) in [6.07, 6.45) is 0. The maximum atomic E-state index is 8.98. The van der Waals surface area contributed by atoms with Crippen LogP contribution in [0.4, 0.5) is 5.95 Å². The van der Waals surface area contributed by atoms with Gasteiger partial charge in [-0.2, -0.15) is 5.26 Å². The van der Waals surface area contributed by atoms with Crippen LogP contribution in [0, 0.1) is 11.3 Å². The zero-order chi connectivity index (χ0) is 13.9. The van der Waals surface area contributed by atoms with Crippen LogP contribution in [0.15, 0.2) is 48.5 Å². The second-order valence-electron chi connectivity index (χ2n) is 4.57. The van der Waals surface area contributed by atoms with Gasteiger partial charge in [0.2, 0.25) is 5.95 Å². The smallest absolute Gasteiger partial charge is 0.203 e. The molecule has 0 bridgehead atoms. The Morgan fingerprint density at radius 1 is 1.20 bits per heavy atom. The van der Waals surface area contributed by atoms with E-state index in [2.05, 4.69) is 27.0 Å². The number of nitrogens with one attached hydrogen (secondary N) is 1. The molecule has 0 radical (unpaired) electrons. The Labute approximate surface area is 117 Å². The summed E-state index contributed by atoms with van der Waals surface area (Å²) >= 11 is 0. The Hall–Kier alpha value is -2.80. The van der Waals surface area contributed by atoms with Gasteiger partial charge in [-0.25, -0.2) is 4.98 Å². The summed E-state index contributed by atoms with van der Waals surface area (Å²) in [5.74, 6) is 0.827. The van der Waals surface area contributed by atoms with Crippen LogP contribution in [0.3, 0.4) is 0 Å². The number of fused-ring (bicyclic) bond motifs is 1. The quantitative estimate of drug-likeness (QED) is 0.789. The highest BCUT2D eigenvalue weighted by Crippen LogP contribution is 2.21. The molecule has 1 heterocycles. The average molecular weight is 262 g/mol. The number of hydrogen-bond acceptors (Lipinski definition) is 3. The van der Waals surface area contributed by atoms with Gasteiger partial charge in [0.1, 0.15) is 0 Å². The maximum Gasteiger partial charge on any atom is 0.203 e. The number of nitrogens with zero attached hydrogens (tertiary/aromatic N) is 3. The maximum absolute atomic E-state index is 8.98. The molecule has 0 unspecified atom stereocenters. The van der Waals surface area contributed by atoms with Gasteiger partial charge in [-0.1, -0.05) is 24.3 Å². The van der Waals surface area contributed by atoms with E-state index in [9.17, 15) is 0 Å². The fourth-order valence-electron chi connectivity index (χ4n) is 2.35. The van der Waals surface area contributed by atoms with Crippen LogP contribution < -0.4 is 5.32 Å². The third-order valence-electron chi connectivity index (χ3n) is 3.27. The topological polar surface area (TPSA) is 53.6 Å². The predicted molar refractivity (Wildman–Crippen MR) is 79.5 cm³/mol. The van der Waals surface area contributed by atoms with E-state index in [0.717, 1.165) is 22.5 Å². The number of anilines is 1. The van der Waals surface area contributed by atoms with Crippen molar-refractivity contribution in [2.45, 2.75) is 6.54 Å². The van der Waals surface area contributed by atoms with Crippen molar-refractivity contribution in [3.05, 3.63) is 59.7 Å². The van der Waals surface area contributed by atoms with Crippen molar-refractivity contribution in [3.8, 4) is 6.07 Å². The largest absolute Gasteiger partial charge is 0.359 e. The second-order valence-corrected chi connectivity index (χ2v) is 4.57. The van der Waals surface area contributed by atoms with Crippen molar-refractivity contribution in [2.24, 2.45) is 0 Å². The summed E-state index contributed by atoms with van der Waals surface area (Å²) in [5.41, 5.74) is 3.81. The molecule has 0 aliphatic heterocycles. The summed E-state index contributed by atoms with van der Waals surface area (Å²) in [6, 6.07) is 17.9. The minimum Gasteiger partial charge on any atom is -0.359 e. The zero-order valence-electron chi connectivity index (χ0n) is 11.2. The number of para-hydroxylation sites is 2. The van der Waals surface area contributed by atoms with Gasteiger partial charge < -0.3 is 9.88 Å². The Bertz CT molecular complexity index is 796. The molecule has 4 heteroatoms. The van der Waals surface area contributed by atoms with Gasteiger partial charge in [0.25, 0.3) is 0 Å². The van der Waals surface area contributed by atoms with Gasteiger partial charge in [-0.05, 0) is 29.8 Å². The lowest BCUT2D eigenvalue weighted by molar-refractivity contribution is 0.832. The molecule has 4 nitrogen and oxygen atoms in total. The van der Waals surface area contributed by atoms with Crippen molar-refractivity contribution in [1.29, 1.82) is 5.26 Å². The van der Waals surface area contributed by atoms with E-state index >= 15 is 0 Å². The van der Waals surface area contributed by atoms with Crippen molar-refractivity contribution < 1.29 is 0 Å². The normalized spacial score (nSPS) is 10.4. The van der Waals surface area contributed by atoms with Crippen LogP contribution in [0.1, 0.15) is 11.1 Å². The summed E-state index contributed by atoms with van der Waals surface area (Å²) in [7, 11) is 1.86. The highest BCUT2D eigenvalue weighted by molar-refractivity contribution is 5.78. The molecule has 2 aromatic carbocycles. The van der Waals surface area contributed by atoms with Crippen molar-refractivity contribution >= 4 is 17.0 Å². The van der Waals surface area contributed by atoms with Crippen LogP contribution >= 0.6 is 0 Å². The van der Waals surface area contributed by atoms with Crippen LogP contribution in [-0.2, 0) is 6.54 Å². The van der Waals surface area contributed by atoms with Crippen LogP contribution in [0.5, 0.6) is 0 Å². The first kappa shape index (κ1) is 12.2. The molecule has 0 aliphatic carbocycles. The van der Waals surface area contributed by atoms with Crippen LogP contribution in [-0.4, -0.2) is 16.6 Å². The lowest BCUT2D eigenvalue weighted by atomic mass is 10.1. The molecule has 3 rings (SSSR count). The van der Waals surface area contributed by atoms with E-state index in [1.54, 1.807) is 0 Å². The minimum atomic E-state index is 0.679. The summed E-state index contributed by atoms with van der Waals surface area (Å²) in [6.45, 7) is 0.687. The molecule has 98 valence electrons. The van der Waals surface area contributed by atoms with Gasteiger partial charge >= 0.3 is 0 Å². The predicted octanol–water partition coefficient (Wildman–Crippen LogP) is 3.00. The monoisotopic (exact) mass is 262 g/mol. The standard InChI is InChI=1S/C16H14N4/c1-18-16-19-14-7-2-3-8-15(14)20(16)11-13-6-4-5-12(9-13)10-17/h2-9H,11H2,1H3,(H,18,19). The van der Waals surface area contributed by atoms with Gasteiger partial charge in [0, 0.05) is 7.05 Å². The number of aromatic nitrogens is 2. The first-order valence-corrected chi connectivity index (χ1v) is 6.44. The lowest BCUT2D eigenvalue weighted by Crippen LogP contribution is -2.05. The number of imidazole rings is 1. The van der Waals surface area contributed by atoms with E-state index in [1.807, 2.05) is 49.5 Å². The minimum absolute atomic E-state index is 0.679. The van der Waals surface area contributed by atoms with Gasteiger partial charge in [-0.3, -0.25) is 0 Å². The molecule has 1 aromatic heterocycles. The number of benzene rings is 2. The average Bonchev–Trinajstić information content (AvgIpc) is 2.85. The van der Waals surface area contributed by atoms with Gasteiger partial charge in [0.15, 0.2) is 0 Å². The van der Waals surface area contributed by atoms with E-state index in [4.69, 9.17) is 5.26 Å². The number of nitriles is 1. The number of rotatable bonds is 3. The van der Waals surface area contributed by atoms with Crippen LogP contribution in [0.2, 0.25) is 0 Å². The summed E-state index contributed by atoms with van der Waals surface area (Å²) in [5, 5.41) is 12.1. The first-order valence-electron chi connectivity index (χ1n) is 6.44.